The average molecular weight is 194 g/mol. The molecule has 0 atom stereocenters. The molecule has 0 N–H and O–H groups in total. The number of hydrogen-bond acceptors (Lipinski definition) is 4. The van der Waals surface area contributed by atoms with Crippen LogP contribution in [-0.2, 0) is 11.2 Å². The third-order valence-corrected chi connectivity index (χ3v) is 2.70. The van der Waals surface area contributed by atoms with Gasteiger partial charge in [-0.25, -0.2) is 0 Å². The van der Waals surface area contributed by atoms with Crippen LogP contribution in [0.4, 0.5) is 0 Å². The van der Waals surface area contributed by atoms with Crippen molar-refractivity contribution in [2.75, 3.05) is 0 Å². The first-order valence-corrected chi connectivity index (χ1v) is 5.18. The zero-order valence-electron chi connectivity index (χ0n) is 7.19. The van der Waals surface area contributed by atoms with Gasteiger partial charge in [0.05, 0.1) is 12.1 Å². The molecule has 1 aliphatic rings. The summed E-state index contributed by atoms with van der Waals surface area (Å²) in [6.45, 7) is 0. The molecule has 0 amide bonds. The molecule has 0 fully saturated rings. The minimum absolute atomic E-state index is 0.213. The van der Waals surface area contributed by atoms with Crippen molar-refractivity contribution in [1.82, 2.24) is 9.59 Å². The van der Waals surface area contributed by atoms with Crippen molar-refractivity contribution in [3.63, 3.8) is 0 Å². The zero-order chi connectivity index (χ0) is 9.10. The Morgan fingerprint density at radius 3 is 3.15 bits per heavy atom. The Bertz CT molecular complexity index is 329. The standard InChI is InChI=1S/C9H10N2OS/c12-9(7-3-1-2-4-7)5-8-6-13-11-10-8/h3,6H,1-2,4-5H2. The molecule has 1 aliphatic carbocycles. The molecule has 2 rings (SSSR count). The molecule has 0 saturated carbocycles. The van der Waals surface area contributed by atoms with Crippen molar-refractivity contribution in [2.45, 2.75) is 25.7 Å². The fourth-order valence-corrected chi connectivity index (χ4v) is 1.91. The molecule has 0 bridgehead atoms. The Balaban J connectivity index is 1.99. The molecule has 0 spiro atoms. The number of carbonyl (C=O) groups excluding carboxylic acids is 1. The van der Waals surface area contributed by atoms with Crippen LogP contribution < -0.4 is 0 Å². The van der Waals surface area contributed by atoms with E-state index in [9.17, 15) is 4.79 Å². The van der Waals surface area contributed by atoms with Gasteiger partial charge in [-0.2, -0.15) is 0 Å². The molecule has 1 aromatic rings. The predicted molar refractivity (Wildman–Crippen MR) is 50.6 cm³/mol. The van der Waals surface area contributed by atoms with E-state index in [1.165, 1.54) is 11.5 Å². The molecular formula is C9H10N2OS. The van der Waals surface area contributed by atoms with Gasteiger partial charge in [0.2, 0.25) is 0 Å². The smallest absolute Gasteiger partial charge is 0.164 e. The highest BCUT2D eigenvalue weighted by Crippen LogP contribution is 2.19. The fourth-order valence-electron chi connectivity index (χ4n) is 1.46. The van der Waals surface area contributed by atoms with Crippen molar-refractivity contribution in [3.05, 3.63) is 22.7 Å². The number of nitrogens with zero attached hydrogens (tertiary/aromatic N) is 2. The molecule has 0 radical (unpaired) electrons. The van der Waals surface area contributed by atoms with Crippen LogP contribution in [0.1, 0.15) is 25.0 Å². The number of allylic oxidation sites excluding steroid dienone is 2. The summed E-state index contributed by atoms with van der Waals surface area (Å²) in [6, 6.07) is 0. The number of rotatable bonds is 3. The number of carbonyl (C=O) groups is 1. The number of aromatic nitrogens is 2. The molecule has 68 valence electrons. The minimum Gasteiger partial charge on any atom is -0.294 e. The highest BCUT2D eigenvalue weighted by Gasteiger charge is 2.14. The van der Waals surface area contributed by atoms with E-state index < -0.39 is 0 Å². The second-order valence-electron chi connectivity index (χ2n) is 3.12. The van der Waals surface area contributed by atoms with Crippen molar-refractivity contribution >= 4 is 17.3 Å². The second-order valence-corrected chi connectivity index (χ2v) is 3.73. The lowest BCUT2D eigenvalue weighted by Gasteiger charge is -1.96. The molecule has 0 unspecified atom stereocenters. The summed E-state index contributed by atoms with van der Waals surface area (Å²) >= 11 is 1.29. The van der Waals surface area contributed by atoms with Gasteiger partial charge in [0, 0.05) is 5.38 Å². The Kier molecular flexibility index (Phi) is 2.49. The number of ketones is 1. The van der Waals surface area contributed by atoms with Crippen LogP contribution in [0.2, 0.25) is 0 Å². The van der Waals surface area contributed by atoms with E-state index in [4.69, 9.17) is 0 Å². The van der Waals surface area contributed by atoms with Crippen molar-refractivity contribution < 1.29 is 4.79 Å². The Morgan fingerprint density at radius 2 is 2.54 bits per heavy atom. The highest BCUT2D eigenvalue weighted by atomic mass is 32.1. The minimum atomic E-state index is 0.213. The molecule has 1 heterocycles. The van der Waals surface area contributed by atoms with E-state index in [0.717, 1.165) is 30.5 Å². The third-order valence-electron chi connectivity index (χ3n) is 2.15. The molecule has 0 aliphatic heterocycles. The SMILES string of the molecule is O=C(Cc1csnn1)C1=CCCC1. The molecular weight excluding hydrogens is 184 g/mol. The summed E-state index contributed by atoms with van der Waals surface area (Å²) in [7, 11) is 0. The second kappa shape index (κ2) is 3.79. The largest absolute Gasteiger partial charge is 0.294 e. The maximum atomic E-state index is 11.6. The van der Waals surface area contributed by atoms with Gasteiger partial charge >= 0.3 is 0 Å². The van der Waals surface area contributed by atoms with Crippen LogP contribution in [0, 0.1) is 0 Å². The summed E-state index contributed by atoms with van der Waals surface area (Å²) in [4.78, 5) is 11.6. The first-order valence-electron chi connectivity index (χ1n) is 4.34. The van der Waals surface area contributed by atoms with Gasteiger partial charge in [-0.3, -0.25) is 4.79 Å². The lowest BCUT2D eigenvalue weighted by Crippen LogP contribution is -2.05. The van der Waals surface area contributed by atoms with Crippen LogP contribution >= 0.6 is 11.5 Å². The molecule has 4 heteroatoms. The summed E-state index contributed by atoms with van der Waals surface area (Å²) in [6.07, 6.45) is 5.58. The molecule has 13 heavy (non-hydrogen) atoms. The van der Waals surface area contributed by atoms with Crippen molar-refractivity contribution in [2.24, 2.45) is 0 Å². The van der Waals surface area contributed by atoms with Crippen LogP contribution in [0.3, 0.4) is 0 Å². The average Bonchev–Trinajstić information content (AvgIpc) is 2.74. The summed E-state index contributed by atoms with van der Waals surface area (Å²) < 4.78 is 3.72. The maximum absolute atomic E-state index is 11.6. The maximum Gasteiger partial charge on any atom is 0.164 e. The number of hydrogen-bond donors (Lipinski definition) is 0. The van der Waals surface area contributed by atoms with E-state index in [-0.39, 0.29) is 5.78 Å². The first kappa shape index (κ1) is 8.56. The van der Waals surface area contributed by atoms with Gasteiger partial charge in [0.25, 0.3) is 0 Å². The Hall–Kier alpha value is -1.03. The Labute approximate surface area is 80.6 Å². The van der Waals surface area contributed by atoms with Crippen LogP contribution in [-0.4, -0.2) is 15.4 Å². The molecule has 0 saturated heterocycles. The topological polar surface area (TPSA) is 42.9 Å². The quantitative estimate of drug-likeness (QED) is 0.736. The molecule has 3 nitrogen and oxygen atoms in total. The summed E-state index contributed by atoms with van der Waals surface area (Å²) in [5, 5.41) is 5.67. The monoisotopic (exact) mass is 194 g/mol. The van der Waals surface area contributed by atoms with Gasteiger partial charge in [-0.05, 0) is 36.4 Å². The summed E-state index contributed by atoms with van der Waals surface area (Å²) in [5.74, 6) is 0.213. The third kappa shape index (κ3) is 2.01. The van der Waals surface area contributed by atoms with Crippen molar-refractivity contribution in [3.8, 4) is 0 Å². The predicted octanol–water partition coefficient (Wildman–Crippen LogP) is 1.76. The van der Waals surface area contributed by atoms with Gasteiger partial charge in [0.15, 0.2) is 5.78 Å². The van der Waals surface area contributed by atoms with Crippen LogP contribution in [0.25, 0.3) is 0 Å². The summed E-state index contributed by atoms with van der Waals surface area (Å²) in [5.41, 5.74) is 1.77. The van der Waals surface area contributed by atoms with E-state index in [2.05, 4.69) is 9.59 Å². The Morgan fingerprint density at radius 1 is 1.62 bits per heavy atom. The molecule has 1 aromatic heterocycles. The van der Waals surface area contributed by atoms with Crippen LogP contribution in [0.5, 0.6) is 0 Å². The normalized spacial score (nSPS) is 15.8. The lowest BCUT2D eigenvalue weighted by atomic mass is 10.1. The first-order chi connectivity index (χ1) is 6.36. The fraction of sp³-hybridized carbons (Fsp3) is 0.444. The van der Waals surface area contributed by atoms with Gasteiger partial charge in [-0.15, -0.1) is 5.10 Å². The number of Topliss-reactive ketones (excluding diaryl/α,β-unsaturated/α-hetero) is 1. The van der Waals surface area contributed by atoms with Gasteiger partial charge in [0.1, 0.15) is 0 Å². The van der Waals surface area contributed by atoms with E-state index >= 15 is 0 Å². The van der Waals surface area contributed by atoms with Gasteiger partial charge in [-0.1, -0.05) is 10.6 Å². The molecule has 0 aromatic carbocycles. The lowest BCUT2D eigenvalue weighted by molar-refractivity contribution is -0.115. The van der Waals surface area contributed by atoms with Crippen LogP contribution in [0.15, 0.2) is 17.0 Å². The van der Waals surface area contributed by atoms with E-state index in [1.807, 2.05) is 11.5 Å². The van der Waals surface area contributed by atoms with E-state index in [1.54, 1.807) is 0 Å². The highest BCUT2D eigenvalue weighted by molar-refractivity contribution is 7.03. The van der Waals surface area contributed by atoms with Crippen molar-refractivity contribution in [1.29, 1.82) is 0 Å². The van der Waals surface area contributed by atoms with Gasteiger partial charge < -0.3 is 0 Å². The van der Waals surface area contributed by atoms with E-state index in [0.29, 0.717) is 6.42 Å². The zero-order valence-corrected chi connectivity index (χ0v) is 8.01.